The Balaban J connectivity index is 1.32. The fraction of sp³-hybridized carbons (Fsp3) is 0.538. The predicted octanol–water partition coefficient (Wildman–Crippen LogP) is 7.21. The molecule has 0 bridgehead atoms. The first-order valence-electron chi connectivity index (χ1n) is 17.9. The summed E-state index contributed by atoms with van der Waals surface area (Å²) in [5.74, 6) is -1.21. The normalized spacial score (nSPS) is 17.0. The van der Waals surface area contributed by atoms with Gasteiger partial charge in [0.25, 0.3) is 10.0 Å². The maximum atomic E-state index is 13.4. The second-order valence-electron chi connectivity index (χ2n) is 16.6. The Morgan fingerprint density at radius 3 is 2.21 bits per heavy atom. The number of hydrogen-bond acceptors (Lipinski definition) is 9. The van der Waals surface area contributed by atoms with Crippen LogP contribution in [0.15, 0.2) is 53.4 Å². The number of carboxylic acids is 1. The lowest BCUT2D eigenvalue weighted by atomic mass is 9.60. The second kappa shape index (κ2) is 15.0. The van der Waals surface area contributed by atoms with Gasteiger partial charge in [0, 0.05) is 36.8 Å². The van der Waals surface area contributed by atoms with Crippen LogP contribution < -0.4 is 14.8 Å². The number of ether oxygens (including phenoxy) is 2. The third-order valence-electron chi connectivity index (χ3n) is 9.65. The molecule has 0 unspecified atom stereocenters. The minimum atomic E-state index is -4.24. The number of aryl methyl sites for hydroxylation is 2. The number of sulfonamides is 1. The first-order valence-corrected chi connectivity index (χ1v) is 19.4. The SMILES string of the molecule is Cc1cccc(C)c1-c1cc(OC[C@@H](CC(C)(C)C)NC2CC3(CCN(C(=O)OC(C)(C)C)CC3)C2)nc(NS(=O)(=O)c2cccc(C(=O)O)c2)n1. The minimum absolute atomic E-state index is 0.00158. The Morgan fingerprint density at radius 1 is 0.981 bits per heavy atom. The van der Waals surface area contributed by atoms with E-state index in [0.29, 0.717) is 31.4 Å². The summed E-state index contributed by atoms with van der Waals surface area (Å²) in [7, 11) is -4.24. The molecule has 3 N–H and O–H groups in total. The molecule has 1 aromatic heterocycles. The van der Waals surface area contributed by atoms with Crippen molar-refractivity contribution in [2.24, 2.45) is 10.8 Å². The lowest BCUT2D eigenvalue weighted by Gasteiger charge is -2.53. The molecule has 1 atom stereocenters. The largest absolute Gasteiger partial charge is 0.478 e. The van der Waals surface area contributed by atoms with Gasteiger partial charge in [-0.15, -0.1) is 0 Å². The van der Waals surface area contributed by atoms with E-state index in [1.807, 2.05) is 57.7 Å². The Bertz CT molecular complexity index is 1870. The van der Waals surface area contributed by atoms with Crippen molar-refractivity contribution in [1.29, 1.82) is 0 Å². The molecule has 2 aliphatic rings. The summed E-state index contributed by atoms with van der Waals surface area (Å²) in [5, 5.41) is 13.2. The monoisotopic (exact) mass is 735 g/mol. The molecule has 52 heavy (non-hydrogen) atoms. The lowest BCUT2D eigenvalue weighted by molar-refractivity contribution is -0.0197. The molecule has 282 valence electrons. The summed E-state index contributed by atoms with van der Waals surface area (Å²) in [6.07, 6.45) is 4.53. The molecule has 1 aliphatic carbocycles. The van der Waals surface area contributed by atoms with Crippen molar-refractivity contribution < 1.29 is 32.6 Å². The molecule has 2 fully saturated rings. The van der Waals surface area contributed by atoms with Crippen molar-refractivity contribution in [3.05, 3.63) is 65.2 Å². The number of carbonyl (C=O) groups excluding carboxylic acids is 1. The van der Waals surface area contributed by atoms with E-state index in [1.54, 1.807) is 6.07 Å². The highest BCUT2D eigenvalue weighted by Crippen LogP contribution is 2.49. The molecule has 5 rings (SSSR count). The zero-order chi connectivity index (χ0) is 38.1. The van der Waals surface area contributed by atoms with Gasteiger partial charge >= 0.3 is 12.1 Å². The van der Waals surface area contributed by atoms with Gasteiger partial charge in [-0.1, -0.05) is 45.0 Å². The number of aromatic nitrogens is 2. The van der Waals surface area contributed by atoms with E-state index in [-0.39, 0.29) is 45.3 Å². The van der Waals surface area contributed by atoms with E-state index in [4.69, 9.17) is 9.47 Å². The molecule has 12 nitrogen and oxygen atoms in total. The van der Waals surface area contributed by atoms with E-state index in [0.717, 1.165) is 54.9 Å². The molecule has 1 spiro atoms. The highest BCUT2D eigenvalue weighted by molar-refractivity contribution is 7.92. The number of rotatable bonds is 11. The number of carbonyl (C=O) groups is 2. The topological polar surface area (TPSA) is 160 Å². The lowest BCUT2D eigenvalue weighted by Crippen LogP contribution is -2.57. The summed E-state index contributed by atoms with van der Waals surface area (Å²) >= 11 is 0. The van der Waals surface area contributed by atoms with Crippen molar-refractivity contribution in [2.45, 2.75) is 110 Å². The molecular weight excluding hydrogens is 683 g/mol. The van der Waals surface area contributed by atoms with E-state index in [9.17, 15) is 23.1 Å². The van der Waals surface area contributed by atoms with Crippen LogP contribution in [-0.4, -0.2) is 77.8 Å². The smallest absolute Gasteiger partial charge is 0.410 e. The molecule has 1 saturated carbocycles. The van der Waals surface area contributed by atoms with Crippen molar-refractivity contribution >= 4 is 28.0 Å². The van der Waals surface area contributed by atoms with Gasteiger partial charge in [-0.05, 0) is 107 Å². The number of anilines is 1. The Morgan fingerprint density at radius 2 is 1.62 bits per heavy atom. The van der Waals surface area contributed by atoms with Crippen molar-refractivity contribution in [3.8, 4) is 17.1 Å². The van der Waals surface area contributed by atoms with Gasteiger partial charge in [-0.3, -0.25) is 0 Å². The molecule has 3 aromatic rings. The highest BCUT2D eigenvalue weighted by atomic mass is 32.2. The molecule has 1 amide bonds. The number of nitrogens with zero attached hydrogens (tertiary/aromatic N) is 3. The van der Waals surface area contributed by atoms with Crippen LogP contribution in [0.2, 0.25) is 0 Å². The quantitative estimate of drug-likeness (QED) is 0.184. The van der Waals surface area contributed by atoms with Gasteiger partial charge in [-0.2, -0.15) is 4.98 Å². The predicted molar refractivity (Wildman–Crippen MR) is 200 cm³/mol. The van der Waals surface area contributed by atoms with Gasteiger partial charge in [-0.25, -0.2) is 27.7 Å². The van der Waals surface area contributed by atoms with Crippen LogP contribution in [0.5, 0.6) is 5.88 Å². The summed E-state index contributed by atoms with van der Waals surface area (Å²) in [5.41, 5.74) is 2.79. The maximum Gasteiger partial charge on any atom is 0.410 e. The van der Waals surface area contributed by atoms with Gasteiger partial charge in [0.15, 0.2) is 0 Å². The first kappa shape index (κ1) is 39.0. The fourth-order valence-corrected chi connectivity index (χ4v) is 8.28. The third kappa shape index (κ3) is 10.0. The molecule has 2 heterocycles. The average molecular weight is 736 g/mol. The summed E-state index contributed by atoms with van der Waals surface area (Å²) < 4.78 is 41.3. The van der Waals surface area contributed by atoms with Crippen LogP contribution in [0.25, 0.3) is 11.3 Å². The number of aromatic carboxylic acids is 1. The van der Waals surface area contributed by atoms with Crippen LogP contribution in [-0.2, 0) is 14.8 Å². The molecule has 1 aliphatic heterocycles. The third-order valence-corrected chi connectivity index (χ3v) is 11.0. The Kier molecular flexibility index (Phi) is 11.3. The number of amides is 1. The molecular formula is C39H53N5O7S. The maximum absolute atomic E-state index is 13.4. The van der Waals surface area contributed by atoms with E-state index in [2.05, 4.69) is 40.8 Å². The van der Waals surface area contributed by atoms with E-state index in [1.165, 1.54) is 18.2 Å². The number of hydrogen-bond donors (Lipinski definition) is 3. The van der Waals surface area contributed by atoms with Gasteiger partial charge in [0.05, 0.1) is 16.2 Å². The zero-order valence-corrected chi connectivity index (χ0v) is 32.4. The van der Waals surface area contributed by atoms with Crippen molar-refractivity contribution in [1.82, 2.24) is 20.2 Å². The summed E-state index contributed by atoms with van der Waals surface area (Å²) in [6, 6.07) is 13.0. The number of benzene rings is 2. The van der Waals surface area contributed by atoms with Gasteiger partial charge in [0.2, 0.25) is 11.8 Å². The van der Waals surface area contributed by atoms with Crippen LogP contribution in [0, 0.1) is 24.7 Å². The number of carboxylic acid groups (broad SMARTS) is 1. The molecule has 0 radical (unpaired) electrons. The molecule has 2 aromatic carbocycles. The highest BCUT2D eigenvalue weighted by Gasteiger charge is 2.47. The standard InChI is InChI=1S/C39H53N5O7S/c1-25-11-9-12-26(2)33(25)31-20-32(42-35(41-31)43-52(48,49)30-14-10-13-27(19-30)34(45)46)50-24-29(21-37(3,4)5)40-28-22-39(23-28)15-17-44(18-16-39)36(47)51-38(6,7)8/h9-14,19-20,28-29,40H,15-18,21-24H2,1-8H3,(H,45,46)(H,41,42,43)/t29-/m1/s1. The Labute approximate surface area is 307 Å². The van der Waals surface area contributed by atoms with Crippen molar-refractivity contribution in [2.75, 3.05) is 24.4 Å². The summed E-state index contributed by atoms with van der Waals surface area (Å²) in [4.78, 5) is 34.8. The van der Waals surface area contributed by atoms with Gasteiger partial charge in [0.1, 0.15) is 12.2 Å². The van der Waals surface area contributed by atoms with Gasteiger partial charge < -0.3 is 24.8 Å². The fourth-order valence-electron chi connectivity index (χ4n) is 7.29. The molecule has 13 heteroatoms. The van der Waals surface area contributed by atoms with E-state index >= 15 is 0 Å². The molecule has 1 saturated heterocycles. The average Bonchev–Trinajstić information content (AvgIpc) is 3.01. The van der Waals surface area contributed by atoms with Crippen LogP contribution in [0.4, 0.5) is 10.7 Å². The number of nitrogens with one attached hydrogen (secondary N) is 2. The Hall–Kier alpha value is -4.23. The summed E-state index contributed by atoms with van der Waals surface area (Å²) in [6.45, 7) is 17.8. The van der Waals surface area contributed by atoms with Crippen molar-refractivity contribution in [3.63, 3.8) is 0 Å². The first-order chi connectivity index (χ1) is 24.2. The zero-order valence-electron chi connectivity index (χ0n) is 31.6. The number of piperidine rings is 1. The second-order valence-corrected chi connectivity index (χ2v) is 18.3. The minimum Gasteiger partial charge on any atom is -0.478 e. The van der Waals surface area contributed by atoms with Crippen LogP contribution in [0.3, 0.4) is 0 Å². The van der Waals surface area contributed by atoms with Crippen LogP contribution in [0.1, 0.15) is 95.1 Å². The van der Waals surface area contributed by atoms with E-state index < -0.39 is 21.6 Å². The van der Waals surface area contributed by atoms with Crippen LogP contribution >= 0.6 is 0 Å². The number of likely N-dealkylation sites (tertiary alicyclic amines) is 1.